The third kappa shape index (κ3) is 3.90. The molecule has 1 atom stereocenters. The summed E-state index contributed by atoms with van der Waals surface area (Å²) in [6, 6.07) is 0. The lowest BCUT2D eigenvalue weighted by molar-refractivity contribution is -0.143. The van der Waals surface area contributed by atoms with Crippen molar-refractivity contribution in [2.75, 3.05) is 13.8 Å². The van der Waals surface area contributed by atoms with Crippen LogP contribution in [0.4, 0.5) is 4.39 Å². The van der Waals surface area contributed by atoms with Crippen LogP contribution < -0.4 is 0 Å². The van der Waals surface area contributed by atoms with Crippen LogP contribution in [0.2, 0.25) is 0 Å². The Labute approximate surface area is 52.4 Å². The minimum atomic E-state index is -1.21. The number of alkyl halides is 1. The molecule has 54 valence electrons. The summed E-state index contributed by atoms with van der Waals surface area (Å²) in [4.78, 5) is 10.2. The molecule has 3 nitrogen and oxygen atoms in total. The number of esters is 1. The third-order valence-electron chi connectivity index (χ3n) is 0.808. The number of aliphatic hydroxyl groups excluding tert-OH is 1. The molecular formula is C5H9FO3. The van der Waals surface area contributed by atoms with Crippen LogP contribution >= 0.6 is 0 Å². The van der Waals surface area contributed by atoms with Crippen LogP contribution in [0, 0.1) is 0 Å². The fourth-order valence-electron chi connectivity index (χ4n) is 0.330. The van der Waals surface area contributed by atoms with Crippen LogP contribution in [-0.2, 0) is 9.53 Å². The van der Waals surface area contributed by atoms with Gasteiger partial charge in [0.1, 0.15) is 6.67 Å². The molecule has 0 saturated carbocycles. The van der Waals surface area contributed by atoms with Gasteiger partial charge in [0, 0.05) is 0 Å². The number of ether oxygens (including phenoxy) is 1. The van der Waals surface area contributed by atoms with Gasteiger partial charge in [0.05, 0.1) is 19.6 Å². The number of halogens is 1. The van der Waals surface area contributed by atoms with E-state index in [4.69, 9.17) is 5.11 Å². The predicted octanol–water partition coefficient (Wildman–Crippen LogP) is -0.120. The monoisotopic (exact) mass is 136 g/mol. The zero-order chi connectivity index (χ0) is 7.28. The number of aliphatic hydroxyl groups is 1. The SMILES string of the molecule is COC(=O)C[C@@H](O)CF. The number of methoxy groups -OCH3 is 1. The van der Waals surface area contributed by atoms with Gasteiger partial charge in [-0.15, -0.1) is 0 Å². The third-order valence-corrected chi connectivity index (χ3v) is 0.808. The van der Waals surface area contributed by atoms with Crippen LogP contribution in [0.5, 0.6) is 0 Å². The van der Waals surface area contributed by atoms with Crippen molar-refractivity contribution in [1.29, 1.82) is 0 Å². The summed E-state index contributed by atoms with van der Waals surface area (Å²) in [5.41, 5.74) is 0. The summed E-state index contributed by atoms with van der Waals surface area (Å²) in [5, 5.41) is 8.48. The molecule has 0 aromatic rings. The number of rotatable bonds is 3. The molecule has 0 unspecified atom stereocenters. The van der Waals surface area contributed by atoms with Gasteiger partial charge in [-0.2, -0.15) is 0 Å². The second-order valence-electron chi connectivity index (χ2n) is 1.59. The maximum atomic E-state index is 11.4. The van der Waals surface area contributed by atoms with Gasteiger partial charge in [0.2, 0.25) is 0 Å². The van der Waals surface area contributed by atoms with Gasteiger partial charge in [-0.1, -0.05) is 0 Å². The fraction of sp³-hybridized carbons (Fsp3) is 0.800. The molecule has 0 aliphatic heterocycles. The lowest BCUT2D eigenvalue weighted by Crippen LogP contribution is -2.15. The Hall–Kier alpha value is -0.640. The first-order chi connectivity index (χ1) is 4.20. The molecule has 0 amide bonds. The zero-order valence-electron chi connectivity index (χ0n) is 5.13. The summed E-state index contributed by atoms with van der Waals surface area (Å²) < 4.78 is 15.6. The van der Waals surface area contributed by atoms with Crippen molar-refractivity contribution in [3.05, 3.63) is 0 Å². The lowest BCUT2D eigenvalue weighted by atomic mass is 10.3. The summed E-state index contributed by atoms with van der Waals surface area (Å²) >= 11 is 0. The Morgan fingerprint density at radius 1 is 1.89 bits per heavy atom. The maximum Gasteiger partial charge on any atom is 0.308 e. The molecule has 1 N–H and O–H groups in total. The second-order valence-corrected chi connectivity index (χ2v) is 1.59. The second kappa shape index (κ2) is 4.26. The minimum Gasteiger partial charge on any atom is -0.469 e. The van der Waals surface area contributed by atoms with Gasteiger partial charge in [0.25, 0.3) is 0 Å². The Morgan fingerprint density at radius 2 is 2.44 bits per heavy atom. The van der Waals surface area contributed by atoms with E-state index in [0.29, 0.717) is 0 Å². The number of hydrogen-bond acceptors (Lipinski definition) is 3. The molecule has 0 aromatic heterocycles. The zero-order valence-corrected chi connectivity index (χ0v) is 5.13. The van der Waals surface area contributed by atoms with Crippen molar-refractivity contribution >= 4 is 5.97 Å². The Balaban J connectivity index is 3.34. The molecule has 0 spiro atoms. The molecular weight excluding hydrogens is 127 g/mol. The molecule has 0 aliphatic carbocycles. The van der Waals surface area contributed by atoms with Crippen LogP contribution in [0.25, 0.3) is 0 Å². The molecule has 4 heteroatoms. The topological polar surface area (TPSA) is 46.5 Å². The van der Waals surface area contributed by atoms with Crippen molar-refractivity contribution < 1.29 is 19.0 Å². The van der Waals surface area contributed by atoms with E-state index in [-0.39, 0.29) is 6.42 Å². The number of hydrogen-bond donors (Lipinski definition) is 1. The first-order valence-corrected chi connectivity index (χ1v) is 2.51. The molecule has 0 saturated heterocycles. The largest absolute Gasteiger partial charge is 0.469 e. The number of carbonyl (C=O) groups is 1. The minimum absolute atomic E-state index is 0.271. The highest BCUT2D eigenvalue weighted by molar-refractivity contribution is 5.69. The van der Waals surface area contributed by atoms with E-state index in [1.807, 2.05) is 0 Å². The highest BCUT2D eigenvalue weighted by atomic mass is 19.1. The smallest absolute Gasteiger partial charge is 0.308 e. The maximum absolute atomic E-state index is 11.4. The quantitative estimate of drug-likeness (QED) is 0.550. The van der Waals surface area contributed by atoms with E-state index in [2.05, 4.69) is 4.74 Å². The highest BCUT2D eigenvalue weighted by Crippen LogP contribution is 1.93. The first kappa shape index (κ1) is 8.36. The Bertz CT molecular complexity index is 94.2. The normalized spacial score (nSPS) is 12.8. The highest BCUT2D eigenvalue weighted by Gasteiger charge is 2.08. The van der Waals surface area contributed by atoms with Crippen molar-refractivity contribution in [3.8, 4) is 0 Å². The average molecular weight is 136 g/mol. The van der Waals surface area contributed by atoms with Crippen molar-refractivity contribution in [3.63, 3.8) is 0 Å². The molecule has 0 fully saturated rings. The van der Waals surface area contributed by atoms with E-state index in [1.54, 1.807) is 0 Å². The molecule has 0 bridgehead atoms. The summed E-state index contributed by atoms with van der Waals surface area (Å²) in [6.45, 7) is -0.908. The molecule has 0 radical (unpaired) electrons. The van der Waals surface area contributed by atoms with Crippen molar-refractivity contribution in [1.82, 2.24) is 0 Å². The Morgan fingerprint density at radius 3 is 2.78 bits per heavy atom. The standard InChI is InChI=1S/C5H9FO3/c1-9-5(8)2-4(7)3-6/h4,7H,2-3H2,1H3/t4-/m1/s1. The van der Waals surface area contributed by atoms with Crippen molar-refractivity contribution in [2.45, 2.75) is 12.5 Å². The summed E-state index contributed by atoms with van der Waals surface area (Å²) in [5.74, 6) is -0.597. The van der Waals surface area contributed by atoms with Gasteiger partial charge in [-0.3, -0.25) is 4.79 Å². The van der Waals surface area contributed by atoms with Crippen molar-refractivity contribution in [2.24, 2.45) is 0 Å². The fourth-order valence-corrected chi connectivity index (χ4v) is 0.330. The summed E-state index contributed by atoms with van der Waals surface area (Å²) in [6.07, 6.45) is -1.48. The molecule has 9 heavy (non-hydrogen) atoms. The van der Waals surface area contributed by atoms with Crippen LogP contribution in [0.3, 0.4) is 0 Å². The Kier molecular flexibility index (Phi) is 3.96. The van der Waals surface area contributed by atoms with Gasteiger partial charge in [-0.05, 0) is 0 Å². The van der Waals surface area contributed by atoms with E-state index >= 15 is 0 Å². The van der Waals surface area contributed by atoms with E-state index in [0.717, 1.165) is 0 Å². The predicted molar refractivity (Wildman–Crippen MR) is 28.6 cm³/mol. The van der Waals surface area contributed by atoms with E-state index in [1.165, 1.54) is 7.11 Å². The van der Waals surface area contributed by atoms with Gasteiger partial charge in [-0.25, -0.2) is 4.39 Å². The van der Waals surface area contributed by atoms with Gasteiger partial charge in [0.15, 0.2) is 0 Å². The molecule has 0 aromatic carbocycles. The molecule has 0 heterocycles. The van der Waals surface area contributed by atoms with E-state index < -0.39 is 18.7 Å². The van der Waals surface area contributed by atoms with Crippen LogP contribution in [0.1, 0.15) is 6.42 Å². The molecule has 0 aliphatic rings. The summed E-state index contributed by atoms with van der Waals surface area (Å²) in [7, 11) is 1.19. The number of carbonyl (C=O) groups excluding carboxylic acids is 1. The average Bonchev–Trinajstić information content (AvgIpc) is 1.87. The first-order valence-electron chi connectivity index (χ1n) is 2.51. The lowest BCUT2D eigenvalue weighted by Gasteiger charge is -2.01. The van der Waals surface area contributed by atoms with Gasteiger partial charge >= 0.3 is 5.97 Å². The van der Waals surface area contributed by atoms with E-state index in [9.17, 15) is 9.18 Å². The van der Waals surface area contributed by atoms with Crippen LogP contribution in [0.15, 0.2) is 0 Å². The van der Waals surface area contributed by atoms with Crippen LogP contribution in [-0.4, -0.2) is 31.0 Å². The molecule has 0 rings (SSSR count). The van der Waals surface area contributed by atoms with Gasteiger partial charge < -0.3 is 9.84 Å².